The fourth-order valence-electron chi connectivity index (χ4n) is 2.12. The Kier molecular flexibility index (Phi) is 10.1. The van der Waals surface area contributed by atoms with Crippen molar-refractivity contribution >= 4 is 36.4 Å². The number of ether oxygens (including phenoxy) is 2. The number of anilines is 1. The van der Waals surface area contributed by atoms with E-state index in [9.17, 15) is 4.79 Å². The molecule has 0 fully saturated rings. The molecule has 1 aromatic heterocycles. The van der Waals surface area contributed by atoms with Crippen molar-refractivity contribution < 1.29 is 14.3 Å². The van der Waals surface area contributed by atoms with Gasteiger partial charge in [0.25, 0.3) is 0 Å². The van der Waals surface area contributed by atoms with Gasteiger partial charge in [-0.05, 0) is 35.2 Å². The summed E-state index contributed by atoms with van der Waals surface area (Å²) in [5.41, 5.74) is 7.27. The van der Waals surface area contributed by atoms with Gasteiger partial charge >= 0.3 is 0 Å². The van der Waals surface area contributed by atoms with E-state index >= 15 is 0 Å². The van der Waals surface area contributed by atoms with Gasteiger partial charge in [0.2, 0.25) is 5.91 Å². The molecule has 1 amide bonds. The molecular weight excluding hydrogens is 389 g/mol. The number of pyridine rings is 1. The Bertz CT molecular complexity index is 722. The van der Waals surface area contributed by atoms with Crippen molar-refractivity contribution in [1.82, 2.24) is 4.98 Å². The fourth-order valence-corrected chi connectivity index (χ4v) is 2.12. The fraction of sp³-hybridized carbons (Fsp3) is 0.368. The van der Waals surface area contributed by atoms with Crippen LogP contribution in [-0.2, 0) is 11.4 Å². The number of rotatable bonds is 6. The topological polar surface area (TPSA) is 86.5 Å². The number of amides is 1. The standard InChI is InChI=1S/C19H25N3O3.2ClH/c1-19(2,3)17(20)18(23)22-14-5-6-15(24-4)16(11-14)25-12-13-7-9-21-10-8-13;;/h5-11,17H,12,20H2,1-4H3,(H,22,23);2*1H/t17-;;/m1../s1. The lowest BCUT2D eigenvalue weighted by atomic mass is 9.87. The summed E-state index contributed by atoms with van der Waals surface area (Å²) in [6.45, 7) is 6.15. The molecular formula is C19H27Cl2N3O3. The monoisotopic (exact) mass is 415 g/mol. The number of hydrogen-bond donors (Lipinski definition) is 2. The maximum Gasteiger partial charge on any atom is 0.241 e. The van der Waals surface area contributed by atoms with Gasteiger partial charge in [0.1, 0.15) is 6.61 Å². The molecule has 6 nitrogen and oxygen atoms in total. The van der Waals surface area contributed by atoms with Crippen LogP contribution in [-0.4, -0.2) is 24.0 Å². The number of methoxy groups -OCH3 is 1. The summed E-state index contributed by atoms with van der Waals surface area (Å²) in [6.07, 6.45) is 3.42. The van der Waals surface area contributed by atoms with E-state index in [1.807, 2.05) is 32.9 Å². The van der Waals surface area contributed by atoms with Crippen molar-refractivity contribution in [3.8, 4) is 11.5 Å². The number of halogens is 2. The second kappa shape index (κ2) is 11.0. The van der Waals surface area contributed by atoms with Crippen molar-refractivity contribution in [2.45, 2.75) is 33.4 Å². The molecule has 1 heterocycles. The molecule has 1 atom stereocenters. The van der Waals surface area contributed by atoms with E-state index in [1.54, 1.807) is 37.7 Å². The third-order valence-electron chi connectivity index (χ3n) is 3.79. The van der Waals surface area contributed by atoms with Crippen LogP contribution in [0.5, 0.6) is 11.5 Å². The van der Waals surface area contributed by atoms with Gasteiger partial charge in [-0.25, -0.2) is 0 Å². The first kappa shape index (κ1) is 25.0. The molecule has 3 N–H and O–H groups in total. The van der Waals surface area contributed by atoms with E-state index in [1.165, 1.54) is 0 Å². The Morgan fingerprint density at radius 1 is 1.15 bits per heavy atom. The molecule has 0 bridgehead atoms. The highest BCUT2D eigenvalue weighted by Gasteiger charge is 2.27. The molecule has 0 saturated carbocycles. The Morgan fingerprint density at radius 3 is 2.33 bits per heavy atom. The summed E-state index contributed by atoms with van der Waals surface area (Å²) in [5, 5.41) is 2.83. The van der Waals surface area contributed by atoms with E-state index in [0.717, 1.165) is 5.56 Å². The van der Waals surface area contributed by atoms with Crippen molar-refractivity contribution in [2.75, 3.05) is 12.4 Å². The predicted octanol–water partition coefficient (Wildman–Crippen LogP) is 3.82. The molecule has 0 aliphatic rings. The molecule has 2 rings (SSSR count). The van der Waals surface area contributed by atoms with Crippen LogP contribution in [0.25, 0.3) is 0 Å². The molecule has 0 unspecified atom stereocenters. The Morgan fingerprint density at radius 2 is 1.78 bits per heavy atom. The highest BCUT2D eigenvalue weighted by Crippen LogP contribution is 2.31. The highest BCUT2D eigenvalue weighted by molar-refractivity contribution is 5.95. The van der Waals surface area contributed by atoms with Crippen LogP contribution in [0.1, 0.15) is 26.3 Å². The van der Waals surface area contributed by atoms with Crippen LogP contribution in [0.2, 0.25) is 0 Å². The smallest absolute Gasteiger partial charge is 0.241 e. The SMILES string of the molecule is COc1ccc(NC(=O)[C@@H](N)C(C)(C)C)cc1OCc1ccncc1.Cl.Cl. The lowest BCUT2D eigenvalue weighted by molar-refractivity contribution is -0.119. The lowest BCUT2D eigenvalue weighted by Crippen LogP contribution is -2.45. The predicted molar refractivity (Wildman–Crippen MR) is 112 cm³/mol. The van der Waals surface area contributed by atoms with Crippen molar-refractivity contribution in [3.05, 3.63) is 48.3 Å². The minimum Gasteiger partial charge on any atom is -0.493 e. The Labute approximate surface area is 172 Å². The van der Waals surface area contributed by atoms with Crippen LogP contribution < -0.4 is 20.5 Å². The zero-order valence-corrected chi connectivity index (χ0v) is 17.5. The molecule has 150 valence electrons. The van der Waals surface area contributed by atoms with Crippen molar-refractivity contribution in [3.63, 3.8) is 0 Å². The maximum atomic E-state index is 12.3. The molecule has 0 saturated heterocycles. The van der Waals surface area contributed by atoms with Gasteiger partial charge < -0.3 is 20.5 Å². The van der Waals surface area contributed by atoms with Crippen LogP contribution in [0.15, 0.2) is 42.7 Å². The second-order valence-corrected chi connectivity index (χ2v) is 6.84. The van der Waals surface area contributed by atoms with Crippen molar-refractivity contribution in [2.24, 2.45) is 11.1 Å². The minimum atomic E-state index is -0.615. The first-order valence-electron chi connectivity index (χ1n) is 8.07. The molecule has 0 aliphatic heterocycles. The Balaban J connectivity index is 0.00000338. The number of nitrogens with one attached hydrogen (secondary N) is 1. The molecule has 2 aromatic rings. The Hall–Kier alpha value is -2.02. The maximum absolute atomic E-state index is 12.3. The third kappa shape index (κ3) is 7.25. The molecule has 27 heavy (non-hydrogen) atoms. The van der Waals surface area contributed by atoms with E-state index < -0.39 is 6.04 Å². The largest absolute Gasteiger partial charge is 0.493 e. The van der Waals surface area contributed by atoms with Gasteiger partial charge in [-0.3, -0.25) is 9.78 Å². The van der Waals surface area contributed by atoms with Gasteiger partial charge in [-0.15, -0.1) is 24.8 Å². The average Bonchev–Trinajstić information content (AvgIpc) is 2.59. The van der Waals surface area contributed by atoms with Crippen LogP contribution in [0, 0.1) is 5.41 Å². The number of carbonyl (C=O) groups is 1. The minimum absolute atomic E-state index is 0. The van der Waals surface area contributed by atoms with E-state index in [2.05, 4.69) is 10.3 Å². The number of carbonyl (C=O) groups excluding carboxylic acids is 1. The van der Waals surface area contributed by atoms with Crippen LogP contribution in [0.4, 0.5) is 5.69 Å². The zero-order chi connectivity index (χ0) is 18.4. The summed E-state index contributed by atoms with van der Waals surface area (Å²) in [6, 6.07) is 8.37. The lowest BCUT2D eigenvalue weighted by Gasteiger charge is -2.26. The number of nitrogens with zero attached hydrogens (tertiary/aromatic N) is 1. The first-order valence-corrected chi connectivity index (χ1v) is 8.07. The third-order valence-corrected chi connectivity index (χ3v) is 3.79. The normalized spacial score (nSPS) is 11.4. The molecule has 8 heteroatoms. The van der Waals surface area contributed by atoms with E-state index in [4.69, 9.17) is 15.2 Å². The van der Waals surface area contributed by atoms with Gasteiger partial charge in [0, 0.05) is 24.1 Å². The van der Waals surface area contributed by atoms with Gasteiger partial charge in [0.15, 0.2) is 11.5 Å². The van der Waals surface area contributed by atoms with Gasteiger partial charge in [-0.2, -0.15) is 0 Å². The molecule has 0 aliphatic carbocycles. The number of aromatic nitrogens is 1. The highest BCUT2D eigenvalue weighted by atomic mass is 35.5. The average molecular weight is 416 g/mol. The second-order valence-electron chi connectivity index (χ2n) is 6.84. The van der Waals surface area contributed by atoms with E-state index in [-0.39, 0.29) is 36.1 Å². The summed E-state index contributed by atoms with van der Waals surface area (Å²) in [7, 11) is 1.57. The number of nitrogens with two attached hydrogens (primary N) is 1. The summed E-state index contributed by atoms with van der Waals surface area (Å²) >= 11 is 0. The van der Waals surface area contributed by atoms with Crippen LogP contribution >= 0.6 is 24.8 Å². The molecule has 1 aromatic carbocycles. The first-order chi connectivity index (χ1) is 11.8. The quantitative estimate of drug-likeness (QED) is 0.748. The number of hydrogen-bond acceptors (Lipinski definition) is 5. The van der Waals surface area contributed by atoms with Crippen molar-refractivity contribution in [1.29, 1.82) is 0 Å². The summed E-state index contributed by atoms with van der Waals surface area (Å²) in [4.78, 5) is 16.3. The molecule has 0 spiro atoms. The van der Waals surface area contributed by atoms with Gasteiger partial charge in [0.05, 0.1) is 13.2 Å². The summed E-state index contributed by atoms with van der Waals surface area (Å²) < 4.78 is 11.1. The number of benzene rings is 1. The van der Waals surface area contributed by atoms with Gasteiger partial charge in [-0.1, -0.05) is 20.8 Å². The molecule has 0 radical (unpaired) electrons. The summed E-state index contributed by atoms with van der Waals surface area (Å²) in [5.74, 6) is 0.895. The van der Waals surface area contributed by atoms with E-state index in [0.29, 0.717) is 23.8 Å². The zero-order valence-electron chi connectivity index (χ0n) is 15.9. The van der Waals surface area contributed by atoms with Crippen LogP contribution in [0.3, 0.4) is 0 Å².